The van der Waals surface area contributed by atoms with E-state index in [2.05, 4.69) is 27.3 Å². The van der Waals surface area contributed by atoms with Crippen molar-refractivity contribution in [3.05, 3.63) is 99.0 Å². The molecule has 2 amide bonds. The lowest BCUT2D eigenvalue weighted by Gasteiger charge is -2.31. The van der Waals surface area contributed by atoms with E-state index < -0.39 is 6.04 Å². The van der Waals surface area contributed by atoms with E-state index >= 15 is 0 Å². The van der Waals surface area contributed by atoms with Gasteiger partial charge in [-0.05, 0) is 73.2 Å². The molecule has 6 heteroatoms. The predicted molar refractivity (Wildman–Crippen MR) is 148 cm³/mol. The van der Waals surface area contributed by atoms with Gasteiger partial charge in [0.15, 0.2) is 6.61 Å². The summed E-state index contributed by atoms with van der Waals surface area (Å²) in [6.45, 7) is 8.76. The van der Waals surface area contributed by atoms with Crippen molar-refractivity contribution in [2.45, 2.75) is 53.1 Å². The van der Waals surface area contributed by atoms with Gasteiger partial charge in [0.05, 0.1) is 0 Å². The zero-order chi connectivity index (χ0) is 26.1. The standard InChI is InChI=1S/C30H35BrN2O3/c1-5-15-32-30(35)27(18-24-9-7-6-8-10-24)33(19-25-11-13-26(31)14-12-25)29(34)20-36-28-17-21(2)16-22(3)23(28)4/h6-14,16-17,27H,5,15,18-20H2,1-4H3,(H,32,35). The van der Waals surface area contributed by atoms with Gasteiger partial charge < -0.3 is 15.0 Å². The smallest absolute Gasteiger partial charge is 0.261 e. The van der Waals surface area contributed by atoms with Crippen molar-refractivity contribution >= 4 is 27.7 Å². The minimum atomic E-state index is -0.668. The van der Waals surface area contributed by atoms with Crippen LogP contribution in [0.25, 0.3) is 0 Å². The number of carbonyl (C=O) groups excluding carboxylic acids is 2. The number of rotatable bonds is 11. The Hall–Kier alpha value is -3.12. The molecule has 1 unspecified atom stereocenters. The Morgan fingerprint density at radius 1 is 0.972 bits per heavy atom. The van der Waals surface area contributed by atoms with Crippen LogP contribution in [-0.4, -0.2) is 35.9 Å². The Balaban J connectivity index is 1.91. The number of nitrogens with zero attached hydrogens (tertiary/aromatic N) is 1. The normalized spacial score (nSPS) is 11.6. The van der Waals surface area contributed by atoms with E-state index in [1.54, 1.807) is 4.90 Å². The summed E-state index contributed by atoms with van der Waals surface area (Å²) < 4.78 is 6.99. The maximum absolute atomic E-state index is 13.7. The molecule has 3 aromatic rings. The fraction of sp³-hybridized carbons (Fsp3) is 0.333. The summed E-state index contributed by atoms with van der Waals surface area (Å²) in [5, 5.41) is 3.00. The van der Waals surface area contributed by atoms with Crippen LogP contribution in [0.2, 0.25) is 0 Å². The van der Waals surface area contributed by atoms with E-state index in [1.807, 2.05) is 88.4 Å². The van der Waals surface area contributed by atoms with Crippen LogP contribution in [0.3, 0.4) is 0 Å². The highest BCUT2D eigenvalue weighted by atomic mass is 79.9. The van der Waals surface area contributed by atoms with Crippen LogP contribution in [0, 0.1) is 20.8 Å². The number of benzene rings is 3. The van der Waals surface area contributed by atoms with Crippen molar-refractivity contribution in [3.63, 3.8) is 0 Å². The summed E-state index contributed by atoms with van der Waals surface area (Å²) in [7, 11) is 0. The molecule has 0 aromatic heterocycles. The Morgan fingerprint density at radius 2 is 1.67 bits per heavy atom. The molecule has 0 aliphatic heterocycles. The highest BCUT2D eigenvalue weighted by Gasteiger charge is 2.30. The Kier molecular flexibility index (Phi) is 10.1. The Bertz CT molecular complexity index is 1160. The molecule has 1 atom stereocenters. The fourth-order valence-corrected chi connectivity index (χ4v) is 4.34. The van der Waals surface area contributed by atoms with Crippen molar-refractivity contribution in [3.8, 4) is 5.75 Å². The minimum Gasteiger partial charge on any atom is -0.483 e. The maximum Gasteiger partial charge on any atom is 0.261 e. The zero-order valence-electron chi connectivity index (χ0n) is 21.5. The van der Waals surface area contributed by atoms with Crippen LogP contribution in [-0.2, 0) is 22.6 Å². The van der Waals surface area contributed by atoms with E-state index in [9.17, 15) is 9.59 Å². The van der Waals surface area contributed by atoms with Gasteiger partial charge in [-0.25, -0.2) is 0 Å². The van der Waals surface area contributed by atoms with E-state index in [-0.39, 0.29) is 18.4 Å². The van der Waals surface area contributed by atoms with Crippen molar-refractivity contribution in [2.75, 3.05) is 13.2 Å². The number of amides is 2. The van der Waals surface area contributed by atoms with Gasteiger partial charge in [0.25, 0.3) is 5.91 Å². The maximum atomic E-state index is 13.7. The zero-order valence-corrected chi connectivity index (χ0v) is 23.1. The van der Waals surface area contributed by atoms with Crippen LogP contribution >= 0.6 is 15.9 Å². The average Bonchev–Trinajstić information content (AvgIpc) is 2.87. The third-order valence-electron chi connectivity index (χ3n) is 6.20. The minimum absolute atomic E-state index is 0.146. The highest BCUT2D eigenvalue weighted by Crippen LogP contribution is 2.24. The van der Waals surface area contributed by atoms with Crippen molar-refractivity contribution in [2.24, 2.45) is 0 Å². The monoisotopic (exact) mass is 550 g/mol. The molecule has 0 heterocycles. The lowest BCUT2D eigenvalue weighted by molar-refractivity contribution is -0.142. The molecule has 0 saturated heterocycles. The van der Waals surface area contributed by atoms with Crippen LogP contribution in [0.5, 0.6) is 5.75 Å². The summed E-state index contributed by atoms with van der Waals surface area (Å²) in [4.78, 5) is 28.7. The molecule has 0 saturated carbocycles. The van der Waals surface area contributed by atoms with Crippen molar-refractivity contribution < 1.29 is 14.3 Å². The number of hydrogen-bond acceptors (Lipinski definition) is 3. The SMILES string of the molecule is CCCNC(=O)C(Cc1ccccc1)N(Cc1ccc(Br)cc1)C(=O)COc1cc(C)cc(C)c1C. The van der Waals surface area contributed by atoms with Gasteiger partial charge in [-0.2, -0.15) is 0 Å². The van der Waals surface area contributed by atoms with Gasteiger partial charge in [0.2, 0.25) is 5.91 Å². The number of aryl methyl sites for hydroxylation is 2. The van der Waals surface area contributed by atoms with Crippen LogP contribution in [0.15, 0.2) is 71.2 Å². The van der Waals surface area contributed by atoms with E-state index in [0.717, 1.165) is 38.7 Å². The summed E-state index contributed by atoms with van der Waals surface area (Å²) in [6.07, 6.45) is 1.24. The van der Waals surface area contributed by atoms with Crippen molar-refractivity contribution in [1.82, 2.24) is 10.2 Å². The molecule has 190 valence electrons. The molecular formula is C30H35BrN2O3. The average molecular weight is 552 g/mol. The third kappa shape index (κ3) is 7.69. The second-order valence-corrected chi connectivity index (χ2v) is 10.1. The number of ether oxygens (including phenoxy) is 1. The number of hydrogen-bond donors (Lipinski definition) is 1. The highest BCUT2D eigenvalue weighted by molar-refractivity contribution is 9.10. The third-order valence-corrected chi connectivity index (χ3v) is 6.73. The molecule has 1 N–H and O–H groups in total. The molecular weight excluding hydrogens is 516 g/mol. The van der Waals surface area contributed by atoms with Gasteiger partial charge in [-0.3, -0.25) is 9.59 Å². The number of nitrogens with one attached hydrogen (secondary N) is 1. The topological polar surface area (TPSA) is 58.6 Å². The quantitative estimate of drug-likeness (QED) is 0.322. The van der Waals surface area contributed by atoms with Crippen LogP contribution in [0.4, 0.5) is 0 Å². The molecule has 3 aromatic carbocycles. The summed E-state index contributed by atoms with van der Waals surface area (Å²) in [5.41, 5.74) is 5.14. The first-order valence-corrected chi connectivity index (χ1v) is 13.1. The number of carbonyl (C=O) groups is 2. The molecule has 0 fully saturated rings. The molecule has 0 radical (unpaired) electrons. The molecule has 0 bridgehead atoms. The number of halogens is 1. The van der Waals surface area contributed by atoms with Crippen LogP contribution in [0.1, 0.15) is 41.2 Å². The Morgan fingerprint density at radius 3 is 2.33 bits per heavy atom. The van der Waals surface area contributed by atoms with Gasteiger partial charge in [-0.1, -0.05) is 71.4 Å². The summed E-state index contributed by atoms with van der Waals surface area (Å²) in [5.74, 6) is 0.303. The first kappa shape index (κ1) is 27.5. The molecule has 36 heavy (non-hydrogen) atoms. The van der Waals surface area contributed by atoms with Crippen molar-refractivity contribution in [1.29, 1.82) is 0 Å². The first-order valence-electron chi connectivity index (χ1n) is 12.3. The van der Waals surface area contributed by atoms with Gasteiger partial charge in [0.1, 0.15) is 11.8 Å². The summed E-state index contributed by atoms with van der Waals surface area (Å²) in [6, 6.07) is 21.0. The van der Waals surface area contributed by atoms with E-state index in [0.29, 0.717) is 25.3 Å². The molecule has 0 spiro atoms. The molecule has 0 aliphatic rings. The Labute approximate surface area is 223 Å². The molecule has 3 rings (SSSR count). The first-order chi connectivity index (χ1) is 17.3. The fourth-order valence-electron chi connectivity index (χ4n) is 4.08. The molecule has 0 aliphatic carbocycles. The van der Waals surface area contributed by atoms with Gasteiger partial charge >= 0.3 is 0 Å². The second-order valence-electron chi connectivity index (χ2n) is 9.14. The lowest BCUT2D eigenvalue weighted by atomic mass is 10.0. The predicted octanol–water partition coefficient (Wildman–Crippen LogP) is 5.92. The van der Waals surface area contributed by atoms with Gasteiger partial charge in [-0.15, -0.1) is 0 Å². The van der Waals surface area contributed by atoms with Crippen LogP contribution < -0.4 is 10.1 Å². The lowest BCUT2D eigenvalue weighted by Crippen LogP contribution is -2.51. The van der Waals surface area contributed by atoms with E-state index in [4.69, 9.17) is 4.74 Å². The molecule has 5 nitrogen and oxygen atoms in total. The van der Waals surface area contributed by atoms with Gasteiger partial charge in [0, 0.05) is 24.0 Å². The summed E-state index contributed by atoms with van der Waals surface area (Å²) >= 11 is 3.47. The largest absolute Gasteiger partial charge is 0.483 e. The van der Waals surface area contributed by atoms with E-state index in [1.165, 1.54) is 0 Å². The second kappa shape index (κ2) is 13.3.